The van der Waals surface area contributed by atoms with Crippen molar-refractivity contribution in [2.24, 2.45) is 28.6 Å². The summed E-state index contributed by atoms with van der Waals surface area (Å²) in [5, 5.41) is 26.9. The number of allylic oxidation sites excluding steroid dienone is 1. The summed E-state index contributed by atoms with van der Waals surface area (Å²) < 4.78 is 59.6. The van der Waals surface area contributed by atoms with Crippen LogP contribution in [0.25, 0.3) is 10.9 Å². The van der Waals surface area contributed by atoms with Crippen LogP contribution in [0.1, 0.15) is 119 Å². The Morgan fingerprint density at radius 3 is 2.27 bits per heavy atom. The van der Waals surface area contributed by atoms with E-state index in [4.69, 9.17) is 14.2 Å². The zero-order valence-corrected chi connectivity index (χ0v) is 37.7. The first kappa shape index (κ1) is 48.0. The fourth-order valence-corrected chi connectivity index (χ4v) is 12.2. The van der Waals surface area contributed by atoms with Gasteiger partial charge in [0.15, 0.2) is 0 Å². The Bertz CT molecular complexity index is 2110. The number of ether oxygens (including phenoxy) is 3. The zero-order valence-electron chi connectivity index (χ0n) is 37.7. The topological polar surface area (TPSA) is 185 Å². The fourth-order valence-electron chi connectivity index (χ4n) is 12.2. The number of H-pyrrole nitrogens is 1. The maximum absolute atomic E-state index is 14.2. The summed E-state index contributed by atoms with van der Waals surface area (Å²) in [6, 6.07) is 6.60. The molecule has 1 heterocycles. The molecule has 16 heteroatoms. The van der Waals surface area contributed by atoms with Crippen LogP contribution in [0.2, 0.25) is 0 Å². The van der Waals surface area contributed by atoms with Crippen LogP contribution in [-0.2, 0) is 44.6 Å². The molecule has 2 aromatic rings. The van der Waals surface area contributed by atoms with Gasteiger partial charge in [0.25, 0.3) is 0 Å². The van der Waals surface area contributed by atoms with Crippen LogP contribution in [0, 0.1) is 28.6 Å². The smallest absolute Gasteiger partial charge is 0.459 e. The Morgan fingerprint density at radius 2 is 1.63 bits per heavy atom. The molecule has 0 radical (unpaired) electrons. The average Bonchev–Trinajstić information content (AvgIpc) is 3.75. The van der Waals surface area contributed by atoms with Crippen LogP contribution >= 0.6 is 0 Å². The van der Waals surface area contributed by atoms with Crippen LogP contribution in [0.3, 0.4) is 0 Å². The minimum Gasteiger partial charge on any atom is -0.459 e. The second-order valence-corrected chi connectivity index (χ2v) is 19.8. The molecular formula is C47H64F3N3O10. The predicted molar refractivity (Wildman–Crippen MR) is 225 cm³/mol. The molecule has 3 fully saturated rings. The highest BCUT2D eigenvalue weighted by Crippen LogP contribution is 2.66. The summed E-state index contributed by atoms with van der Waals surface area (Å²) in [4.78, 5) is 67.9. The van der Waals surface area contributed by atoms with E-state index in [1.165, 1.54) is 20.8 Å². The van der Waals surface area contributed by atoms with Crippen LogP contribution < -0.4 is 5.32 Å². The van der Waals surface area contributed by atoms with Crippen molar-refractivity contribution < 1.29 is 61.6 Å². The lowest BCUT2D eigenvalue weighted by Gasteiger charge is -2.60. The van der Waals surface area contributed by atoms with E-state index in [0.717, 1.165) is 22.0 Å². The summed E-state index contributed by atoms with van der Waals surface area (Å²) in [7, 11) is 0. The number of fused-ring (bicyclic) bond motifs is 5. The van der Waals surface area contributed by atoms with Gasteiger partial charge in [-0.15, -0.1) is 0 Å². The molecule has 6 rings (SSSR count). The molecule has 348 valence electrons. The average molecular weight is 888 g/mol. The van der Waals surface area contributed by atoms with Gasteiger partial charge in [-0.2, -0.15) is 13.2 Å². The first-order valence-corrected chi connectivity index (χ1v) is 22.1. The molecule has 4 aliphatic carbocycles. The Morgan fingerprint density at radius 1 is 0.968 bits per heavy atom. The molecule has 63 heavy (non-hydrogen) atoms. The molecule has 0 aliphatic heterocycles. The molecule has 0 saturated heterocycles. The number of hydrogen-bond acceptors (Lipinski definition) is 10. The summed E-state index contributed by atoms with van der Waals surface area (Å²) in [6.07, 6.45) is -2.31. The summed E-state index contributed by atoms with van der Waals surface area (Å²) >= 11 is 0. The van der Waals surface area contributed by atoms with Gasteiger partial charge in [-0.25, -0.2) is 0 Å². The van der Waals surface area contributed by atoms with Crippen molar-refractivity contribution in [1.29, 1.82) is 0 Å². The normalized spacial score (nSPS) is 29.7. The number of alkyl halides is 3. The number of esters is 3. The number of aromatic nitrogens is 1. The number of carbonyl (C=O) groups excluding carboxylic acids is 5. The molecule has 13 nitrogen and oxygen atoms in total. The van der Waals surface area contributed by atoms with E-state index in [0.29, 0.717) is 42.6 Å². The molecule has 1 aromatic carbocycles. The second kappa shape index (κ2) is 17.9. The maximum Gasteiger partial charge on any atom is 0.471 e. The fraction of sp³-hybridized carbons (Fsp3) is 0.681. The van der Waals surface area contributed by atoms with E-state index in [9.17, 15) is 47.4 Å². The third-order valence-corrected chi connectivity index (χ3v) is 14.9. The Kier molecular flexibility index (Phi) is 13.6. The van der Waals surface area contributed by atoms with Crippen LogP contribution in [-0.4, -0.2) is 105 Å². The molecular weight excluding hydrogens is 824 g/mol. The molecule has 1 aromatic heterocycles. The number of nitrogens with zero attached hydrogens (tertiary/aromatic N) is 1. The minimum absolute atomic E-state index is 0.0579. The van der Waals surface area contributed by atoms with E-state index in [-0.39, 0.29) is 56.4 Å². The minimum atomic E-state index is -5.23. The van der Waals surface area contributed by atoms with Gasteiger partial charge in [0.1, 0.15) is 23.9 Å². The molecule has 4 N–H and O–H groups in total. The first-order valence-electron chi connectivity index (χ1n) is 22.1. The highest BCUT2D eigenvalue weighted by molar-refractivity contribution is 5.88. The van der Waals surface area contributed by atoms with Crippen LogP contribution in [0.4, 0.5) is 13.2 Å². The van der Waals surface area contributed by atoms with Gasteiger partial charge >= 0.3 is 30.0 Å². The predicted octanol–water partition coefficient (Wildman–Crippen LogP) is 6.63. The quantitative estimate of drug-likeness (QED) is 0.0913. The number of nitrogens with one attached hydrogen (secondary N) is 2. The van der Waals surface area contributed by atoms with Gasteiger partial charge in [-0.05, 0) is 119 Å². The Labute approximate surface area is 366 Å². The highest BCUT2D eigenvalue weighted by Gasteiger charge is 2.63. The molecule has 0 bridgehead atoms. The summed E-state index contributed by atoms with van der Waals surface area (Å²) in [5.41, 5.74) is -0.176. The molecule has 0 spiro atoms. The van der Waals surface area contributed by atoms with Crippen molar-refractivity contribution in [3.63, 3.8) is 0 Å². The van der Waals surface area contributed by atoms with Crippen molar-refractivity contribution in [2.45, 2.75) is 161 Å². The van der Waals surface area contributed by atoms with Crippen LogP contribution in [0.5, 0.6) is 0 Å². The lowest BCUT2D eigenvalue weighted by Crippen LogP contribution is -2.62. The van der Waals surface area contributed by atoms with Gasteiger partial charge in [0, 0.05) is 56.4 Å². The van der Waals surface area contributed by atoms with E-state index in [2.05, 4.69) is 24.1 Å². The largest absolute Gasteiger partial charge is 0.471 e. The Balaban J connectivity index is 1.35. The monoisotopic (exact) mass is 887 g/mol. The maximum atomic E-state index is 14.2. The lowest BCUT2D eigenvalue weighted by molar-refractivity contribution is -0.187. The van der Waals surface area contributed by atoms with Gasteiger partial charge in [-0.1, -0.05) is 43.2 Å². The van der Waals surface area contributed by atoms with Gasteiger partial charge < -0.3 is 39.6 Å². The molecule has 0 unspecified atom stereocenters. The van der Waals surface area contributed by atoms with E-state index < -0.39 is 88.8 Å². The SMILES string of the molecule is CC(=O)O[C@H]1C[C@]2(C)[C@H]3CC[C@@]4(C)C(=C3C[C@@H](NC(=O)CN(CCc3c[nH]c5ccccc35)C(=O)C(F)(F)F)[C@@H]2C[C@H]1OC(C)=O)CC[C@@H]4[C@@](C)(O)[C@@H](CCC(C)(C)O)OC(C)=O. The van der Waals surface area contributed by atoms with Gasteiger partial charge in [-0.3, -0.25) is 24.0 Å². The number of benzene rings is 1. The third kappa shape index (κ3) is 10.1. The van der Waals surface area contributed by atoms with Crippen molar-refractivity contribution in [2.75, 3.05) is 13.1 Å². The second-order valence-electron chi connectivity index (χ2n) is 19.8. The van der Waals surface area contributed by atoms with E-state index >= 15 is 0 Å². The lowest BCUT2D eigenvalue weighted by atomic mass is 9.47. The molecule has 10 atom stereocenters. The number of halogens is 3. The van der Waals surface area contributed by atoms with Crippen LogP contribution in [0.15, 0.2) is 41.6 Å². The third-order valence-electron chi connectivity index (χ3n) is 14.9. The number of para-hydroxylation sites is 1. The zero-order chi connectivity index (χ0) is 46.4. The highest BCUT2D eigenvalue weighted by atomic mass is 19.4. The van der Waals surface area contributed by atoms with Gasteiger partial charge in [0.05, 0.1) is 12.1 Å². The number of aliphatic hydroxyl groups is 2. The van der Waals surface area contributed by atoms with Crippen molar-refractivity contribution >= 4 is 40.6 Å². The number of carbonyl (C=O) groups is 5. The van der Waals surface area contributed by atoms with Crippen molar-refractivity contribution in [3.8, 4) is 0 Å². The molecule has 3 saturated carbocycles. The molecule has 4 aliphatic rings. The van der Waals surface area contributed by atoms with Gasteiger partial charge in [0.2, 0.25) is 5.91 Å². The summed E-state index contributed by atoms with van der Waals surface area (Å²) in [5.74, 6) is -5.43. The van der Waals surface area contributed by atoms with Crippen molar-refractivity contribution in [1.82, 2.24) is 15.2 Å². The van der Waals surface area contributed by atoms with E-state index in [1.807, 2.05) is 18.2 Å². The van der Waals surface area contributed by atoms with E-state index in [1.54, 1.807) is 33.0 Å². The number of hydrogen-bond donors (Lipinski definition) is 4. The Hall–Kier alpha value is -4.44. The van der Waals surface area contributed by atoms with Crippen molar-refractivity contribution in [3.05, 3.63) is 47.2 Å². The number of rotatable bonds is 14. The first-order chi connectivity index (χ1) is 29.2. The summed E-state index contributed by atoms with van der Waals surface area (Å²) in [6.45, 7) is 11.8. The number of aromatic amines is 1. The molecule has 2 amide bonds. The number of amides is 2. The standard InChI is InChI=1S/C47H64F3N3O10/c1-26(54)61-37-22-34-36(52-41(57)25-53(42(58)47(48,49)50)20-17-29-24-51-35-12-10-9-11-30(29)35)21-31-32-13-14-39(46(8,60)40(63-28(3)56)16-18-43(4,5)59)44(32,6)19-15-33(31)45(34,7)23-38(37)62-27(2)55/h9-12,24,33-34,36-40,51,59-60H,13-23,25H2,1-8H3,(H,52,57)/t33-,34-,36+,37+,38-,39-,40+,44-,45+,46+/m0/s1.